The van der Waals surface area contributed by atoms with Crippen LogP contribution < -0.4 is 4.90 Å². The van der Waals surface area contributed by atoms with Gasteiger partial charge in [-0.3, -0.25) is 0 Å². The molecule has 0 heterocycles. The Bertz CT molecular complexity index is 513. The van der Waals surface area contributed by atoms with Gasteiger partial charge in [-0.2, -0.15) is 0 Å². The molecule has 0 spiro atoms. The number of rotatable bonds is 5. The normalized spacial score (nSPS) is 16.9. The van der Waals surface area contributed by atoms with E-state index < -0.39 is 11.8 Å². The van der Waals surface area contributed by atoms with Gasteiger partial charge in [0.05, 0.1) is 5.69 Å². The number of carbonyl (C=O) groups is 1. The maximum absolute atomic E-state index is 13.7. The Morgan fingerprint density at radius 2 is 2.00 bits per heavy atom. The first-order valence-corrected chi connectivity index (χ1v) is 6.78. The topological polar surface area (TPSA) is 43.8 Å². The van der Waals surface area contributed by atoms with Gasteiger partial charge in [0.15, 0.2) is 0 Å². The molecule has 1 aromatic rings. The van der Waals surface area contributed by atoms with Crippen molar-refractivity contribution in [2.24, 2.45) is 0 Å². The molecule has 0 aliphatic heterocycles. The van der Waals surface area contributed by atoms with Gasteiger partial charge in [-0.05, 0) is 45.5 Å². The van der Waals surface area contributed by atoms with Gasteiger partial charge in [-0.1, -0.05) is 6.07 Å². The molecule has 20 heavy (non-hydrogen) atoms. The molecule has 0 unspecified atom stereocenters. The lowest BCUT2D eigenvalue weighted by atomic mass is 9.75. The van der Waals surface area contributed by atoms with E-state index in [-0.39, 0.29) is 11.1 Å². The van der Waals surface area contributed by atoms with Gasteiger partial charge < -0.3 is 14.9 Å². The molecular weight excluding hydrogens is 259 g/mol. The van der Waals surface area contributed by atoms with Crippen LogP contribution in [0.25, 0.3) is 0 Å². The van der Waals surface area contributed by atoms with E-state index in [2.05, 4.69) is 4.90 Å². The monoisotopic (exact) mass is 280 g/mol. The lowest BCUT2D eigenvalue weighted by Gasteiger charge is -2.49. The Balaban J connectivity index is 2.28. The fraction of sp³-hybridized carbons (Fsp3) is 0.533. The van der Waals surface area contributed by atoms with E-state index in [1.54, 1.807) is 12.1 Å². The average molecular weight is 280 g/mol. The summed E-state index contributed by atoms with van der Waals surface area (Å²) in [5.74, 6) is -1.91. The Morgan fingerprint density at radius 3 is 2.45 bits per heavy atom. The van der Waals surface area contributed by atoms with Gasteiger partial charge in [0.25, 0.3) is 0 Å². The number of hydrogen-bond acceptors (Lipinski definition) is 3. The number of carboxylic acids is 1. The molecule has 1 aliphatic rings. The van der Waals surface area contributed by atoms with Gasteiger partial charge in [0.2, 0.25) is 0 Å². The minimum Gasteiger partial charge on any atom is -0.478 e. The highest BCUT2D eigenvalue weighted by Crippen LogP contribution is 2.38. The van der Waals surface area contributed by atoms with E-state index >= 15 is 0 Å². The summed E-state index contributed by atoms with van der Waals surface area (Å²) >= 11 is 0. The molecule has 1 aliphatic carbocycles. The van der Waals surface area contributed by atoms with E-state index in [1.807, 2.05) is 26.0 Å². The highest BCUT2D eigenvalue weighted by molar-refractivity contribution is 5.94. The second-order valence-corrected chi connectivity index (χ2v) is 5.77. The van der Waals surface area contributed by atoms with Crippen molar-refractivity contribution >= 4 is 11.7 Å². The van der Waals surface area contributed by atoms with Crippen molar-refractivity contribution in [3.63, 3.8) is 0 Å². The third kappa shape index (κ3) is 2.50. The molecule has 0 amide bonds. The van der Waals surface area contributed by atoms with Crippen LogP contribution in [0.3, 0.4) is 0 Å². The van der Waals surface area contributed by atoms with Gasteiger partial charge >= 0.3 is 5.97 Å². The third-order valence-corrected chi connectivity index (χ3v) is 4.38. The Labute approximate surface area is 118 Å². The molecule has 5 heteroatoms. The zero-order chi connectivity index (χ0) is 14.9. The molecule has 0 aromatic heterocycles. The van der Waals surface area contributed by atoms with Crippen molar-refractivity contribution in [1.29, 1.82) is 0 Å². The standard InChI is InChI=1S/C15H21FN2O2/c1-17(2)15(8-5-9-15)10-18(3)12-7-4-6-11(16)13(12)14(19)20/h4,6-7H,5,8-10H2,1-3H3,(H,19,20). The van der Waals surface area contributed by atoms with Crippen molar-refractivity contribution in [3.8, 4) is 0 Å². The highest BCUT2D eigenvalue weighted by Gasteiger charge is 2.40. The molecule has 0 saturated heterocycles. The van der Waals surface area contributed by atoms with Crippen molar-refractivity contribution in [2.75, 3.05) is 32.6 Å². The predicted octanol–water partition coefficient (Wildman–Crippen LogP) is 2.44. The van der Waals surface area contributed by atoms with E-state index in [4.69, 9.17) is 0 Å². The van der Waals surface area contributed by atoms with E-state index in [1.165, 1.54) is 12.5 Å². The van der Waals surface area contributed by atoms with E-state index in [0.717, 1.165) is 12.8 Å². The minimum atomic E-state index is -1.22. The molecule has 0 atom stereocenters. The van der Waals surface area contributed by atoms with Crippen LogP contribution in [0.2, 0.25) is 0 Å². The summed E-state index contributed by atoms with van der Waals surface area (Å²) in [5, 5.41) is 9.20. The van der Waals surface area contributed by atoms with Crippen LogP contribution in [0.15, 0.2) is 18.2 Å². The summed E-state index contributed by atoms with van der Waals surface area (Å²) in [7, 11) is 5.90. The van der Waals surface area contributed by atoms with Crippen LogP contribution in [0.5, 0.6) is 0 Å². The quantitative estimate of drug-likeness (QED) is 0.899. The van der Waals surface area contributed by atoms with Crippen LogP contribution in [-0.4, -0.2) is 49.2 Å². The fourth-order valence-corrected chi connectivity index (χ4v) is 2.90. The minimum absolute atomic E-state index is 0.0663. The maximum atomic E-state index is 13.7. The molecular formula is C15H21FN2O2. The zero-order valence-corrected chi connectivity index (χ0v) is 12.2. The largest absolute Gasteiger partial charge is 0.478 e. The summed E-state index contributed by atoms with van der Waals surface area (Å²) in [6.07, 6.45) is 3.35. The summed E-state index contributed by atoms with van der Waals surface area (Å²) < 4.78 is 13.7. The smallest absolute Gasteiger partial charge is 0.340 e. The van der Waals surface area contributed by atoms with Gasteiger partial charge in [0.1, 0.15) is 11.4 Å². The first kappa shape index (κ1) is 14.8. The van der Waals surface area contributed by atoms with Crippen LogP contribution in [0.4, 0.5) is 10.1 Å². The summed E-state index contributed by atoms with van der Waals surface area (Å²) in [6, 6.07) is 4.40. The Hall–Kier alpha value is -1.62. The SMILES string of the molecule is CN(CC1(N(C)C)CCC1)c1cccc(F)c1C(=O)O. The number of aromatic carboxylic acids is 1. The summed E-state index contributed by atoms with van der Waals surface area (Å²) in [5.41, 5.74) is 0.255. The third-order valence-electron chi connectivity index (χ3n) is 4.38. The highest BCUT2D eigenvalue weighted by atomic mass is 19.1. The van der Waals surface area contributed by atoms with Gasteiger partial charge in [-0.25, -0.2) is 9.18 Å². The average Bonchev–Trinajstić information content (AvgIpc) is 2.32. The van der Waals surface area contributed by atoms with E-state index in [0.29, 0.717) is 12.2 Å². The number of benzene rings is 1. The first-order chi connectivity index (χ1) is 9.37. The molecule has 110 valence electrons. The molecule has 1 N–H and O–H groups in total. The Morgan fingerprint density at radius 1 is 1.35 bits per heavy atom. The second-order valence-electron chi connectivity index (χ2n) is 5.77. The maximum Gasteiger partial charge on any atom is 0.340 e. The number of nitrogens with zero attached hydrogens (tertiary/aromatic N) is 2. The first-order valence-electron chi connectivity index (χ1n) is 6.78. The van der Waals surface area contributed by atoms with Crippen LogP contribution >= 0.6 is 0 Å². The summed E-state index contributed by atoms with van der Waals surface area (Å²) in [4.78, 5) is 15.3. The van der Waals surface area contributed by atoms with Crippen LogP contribution in [0.1, 0.15) is 29.6 Å². The van der Waals surface area contributed by atoms with Gasteiger partial charge in [-0.15, -0.1) is 0 Å². The molecule has 1 fully saturated rings. The molecule has 4 nitrogen and oxygen atoms in total. The van der Waals surface area contributed by atoms with Crippen molar-refractivity contribution in [1.82, 2.24) is 4.90 Å². The lowest BCUT2D eigenvalue weighted by Crippen LogP contribution is -2.56. The van der Waals surface area contributed by atoms with Crippen molar-refractivity contribution in [3.05, 3.63) is 29.6 Å². The zero-order valence-electron chi connectivity index (χ0n) is 12.2. The number of carboxylic acid groups (broad SMARTS) is 1. The van der Waals surface area contributed by atoms with Gasteiger partial charge in [0, 0.05) is 19.1 Å². The van der Waals surface area contributed by atoms with Crippen LogP contribution in [-0.2, 0) is 0 Å². The van der Waals surface area contributed by atoms with Crippen LogP contribution in [0, 0.1) is 5.82 Å². The fourth-order valence-electron chi connectivity index (χ4n) is 2.90. The molecule has 2 rings (SSSR count). The number of likely N-dealkylation sites (N-methyl/N-ethyl adjacent to an activating group) is 2. The number of anilines is 1. The molecule has 0 radical (unpaired) electrons. The van der Waals surface area contributed by atoms with E-state index in [9.17, 15) is 14.3 Å². The second kappa shape index (κ2) is 5.40. The van der Waals surface area contributed by atoms with Crippen molar-refractivity contribution < 1.29 is 14.3 Å². The molecule has 0 bridgehead atoms. The summed E-state index contributed by atoms with van der Waals surface area (Å²) in [6.45, 7) is 0.698. The van der Waals surface area contributed by atoms with Crippen molar-refractivity contribution in [2.45, 2.75) is 24.8 Å². The Kier molecular flexibility index (Phi) is 3.99. The number of halogens is 1. The predicted molar refractivity (Wildman–Crippen MR) is 76.9 cm³/mol. The lowest BCUT2D eigenvalue weighted by molar-refractivity contribution is 0.0668. The molecule has 1 aromatic carbocycles. The number of hydrogen-bond donors (Lipinski definition) is 1. The molecule has 1 saturated carbocycles.